The van der Waals surface area contributed by atoms with Crippen molar-refractivity contribution in [2.24, 2.45) is 17.8 Å². The van der Waals surface area contributed by atoms with Gasteiger partial charge in [0.15, 0.2) is 17.6 Å². The summed E-state index contributed by atoms with van der Waals surface area (Å²) in [7, 11) is 1.69. The van der Waals surface area contributed by atoms with Crippen molar-refractivity contribution in [3.8, 4) is 11.6 Å². The zero-order chi connectivity index (χ0) is 26.2. The maximum Gasteiger partial charge on any atom is 0.439 e. The molecule has 0 radical (unpaired) electrons. The summed E-state index contributed by atoms with van der Waals surface area (Å²) in [5.41, 5.74) is 4.00. The van der Waals surface area contributed by atoms with Crippen LogP contribution < -0.4 is 11.1 Å². The smallest absolute Gasteiger partial charge is 0.367 e. The van der Waals surface area contributed by atoms with Crippen LogP contribution in [0, 0.1) is 17.8 Å². The predicted molar refractivity (Wildman–Crippen MR) is 144 cm³/mol. The highest BCUT2D eigenvalue weighted by Gasteiger charge is 2.31. The van der Waals surface area contributed by atoms with Crippen LogP contribution in [0.4, 0.5) is 5.82 Å². The molecule has 38 heavy (non-hydrogen) atoms. The Hall–Kier alpha value is -3.12. The first-order valence-electron chi connectivity index (χ1n) is 13.5. The van der Waals surface area contributed by atoms with Crippen LogP contribution in [0.5, 0.6) is 0 Å². The lowest BCUT2D eigenvalue weighted by atomic mass is 9.80. The molecule has 0 saturated heterocycles. The summed E-state index contributed by atoms with van der Waals surface area (Å²) in [5, 5.41) is 9.51. The van der Waals surface area contributed by atoms with Crippen LogP contribution in [0.1, 0.15) is 76.4 Å². The Morgan fingerprint density at radius 3 is 2.66 bits per heavy atom. The van der Waals surface area contributed by atoms with Gasteiger partial charge < -0.3 is 14.6 Å². The Kier molecular flexibility index (Phi) is 7.00. The maximum atomic E-state index is 11.7. The zero-order valence-corrected chi connectivity index (χ0v) is 22.8. The molecule has 4 heterocycles. The standard InChI is InChI=1S/C26H34N8O3S/c1-14-7-9-16(10-8-14)11-34-19-21(28-15(2)17-5-4-6-17)29-23(24-32-26(35)37-33-24)30-22(19)31-25(34)20(36-3)18-12-38-13-27-18/h12-17,20H,4-11H2,1-3H3,(H,28,29,30)(H,32,33,35)/t14?,15-,16?,20?/m1/s1. The maximum absolute atomic E-state index is 11.7. The van der Waals surface area contributed by atoms with E-state index in [0.29, 0.717) is 23.3 Å². The molecule has 2 aliphatic carbocycles. The quantitative estimate of drug-likeness (QED) is 0.308. The molecule has 2 aliphatic rings. The van der Waals surface area contributed by atoms with Gasteiger partial charge in [-0.1, -0.05) is 31.3 Å². The van der Waals surface area contributed by atoms with Crippen molar-refractivity contribution in [1.29, 1.82) is 0 Å². The van der Waals surface area contributed by atoms with Crippen molar-refractivity contribution in [1.82, 2.24) is 34.6 Å². The van der Waals surface area contributed by atoms with Crippen molar-refractivity contribution in [2.75, 3.05) is 12.4 Å². The van der Waals surface area contributed by atoms with Crippen LogP contribution in [0.2, 0.25) is 0 Å². The van der Waals surface area contributed by atoms with E-state index in [1.54, 1.807) is 7.11 Å². The van der Waals surface area contributed by atoms with Gasteiger partial charge in [-0.2, -0.15) is 0 Å². The average molecular weight is 539 g/mol. The fourth-order valence-electron chi connectivity index (χ4n) is 5.72. The number of anilines is 1. The molecule has 6 rings (SSSR count). The molecule has 11 nitrogen and oxygen atoms in total. The van der Waals surface area contributed by atoms with Gasteiger partial charge in [0, 0.05) is 25.1 Å². The number of rotatable bonds is 9. The Morgan fingerprint density at radius 1 is 1.21 bits per heavy atom. The van der Waals surface area contributed by atoms with Crippen molar-refractivity contribution < 1.29 is 9.26 Å². The molecule has 1 unspecified atom stereocenters. The molecule has 2 atom stereocenters. The molecular formula is C26H34N8O3S. The third-order valence-electron chi connectivity index (χ3n) is 8.27. The molecule has 0 spiro atoms. The van der Waals surface area contributed by atoms with Gasteiger partial charge in [-0.15, -0.1) is 11.3 Å². The molecular weight excluding hydrogens is 504 g/mol. The number of H-pyrrole nitrogens is 1. The van der Waals surface area contributed by atoms with Crippen LogP contribution in [-0.4, -0.2) is 47.8 Å². The van der Waals surface area contributed by atoms with E-state index in [2.05, 4.69) is 38.9 Å². The van der Waals surface area contributed by atoms with Gasteiger partial charge in [-0.25, -0.2) is 24.7 Å². The Bertz CT molecular complexity index is 1430. The highest BCUT2D eigenvalue weighted by atomic mass is 32.1. The first kappa shape index (κ1) is 25.2. The van der Waals surface area contributed by atoms with Crippen LogP contribution in [0.3, 0.4) is 0 Å². The van der Waals surface area contributed by atoms with Gasteiger partial charge in [0.25, 0.3) is 0 Å². The van der Waals surface area contributed by atoms with E-state index in [4.69, 9.17) is 24.2 Å². The number of fused-ring (bicyclic) bond motifs is 1. The predicted octanol–water partition coefficient (Wildman–Crippen LogP) is 4.79. The van der Waals surface area contributed by atoms with Gasteiger partial charge in [0.2, 0.25) is 11.6 Å². The van der Waals surface area contributed by atoms with E-state index in [1.165, 1.54) is 56.3 Å². The number of hydrogen-bond donors (Lipinski definition) is 2. The molecule has 0 amide bonds. The summed E-state index contributed by atoms with van der Waals surface area (Å²) in [6, 6.07) is 0.227. The molecule has 4 aromatic heterocycles. The molecule has 12 heteroatoms. The van der Waals surface area contributed by atoms with Crippen LogP contribution >= 0.6 is 11.3 Å². The van der Waals surface area contributed by atoms with E-state index in [1.807, 2.05) is 10.9 Å². The number of aromatic amines is 1. The summed E-state index contributed by atoms with van der Waals surface area (Å²) in [5.74, 6) is 3.11. The third-order valence-corrected chi connectivity index (χ3v) is 8.88. The second kappa shape index (κ2) is 10.6. The molecule has 202 valence electrons. The van der Waals surface area contributed by atoms with E-state index < -0.39 is 11.9 Å². The van der Waals surface area contributed by atoms with Gasteiger partial charge in [-0.3, -0.25) is 9.51 Å². The Labute approximate surface area is 224 Å². The van der Waals surface area contributed by atoms with Crippen molar-refractivity contribution in [2.45, 2.75) is 77.5 Å². The molecule has 2 fully saturated rings. The Balaban J connectivity index is 1.51. The summed E-state index contributed by atoms with van der Waals surface area (Å²) >= 11 is 1.53. The van der Waals surface area contributed by atoms with Gasteiger partial charge in [0.05, 0.1) is 11.2 Å². The highest BCUT2D eigenvalue weighted by molar-refractivity contribution is 7.07. The highest BCUT2D eigenvalue weighted by Crippen LogP contribution is 2.37. The van der Waals surface area contributed by atoms with E-state index in [9.17, 15) is 4.79 Å². The van der Waals surface area contributed by atoms with Gasteiger partial charge >= 0.3 is 5.76 Å². The van der Waals surface area contributed by atoms with Gasteiger partial charge in [-0.05, 0) is 50.4 Å². The van der Waals surface area contributed by atoms with Crippen LogP contribution in [-0.2, 0) is 11.3 Å². The summed E-state index contributed by atoms with van der Waals surface area (Å²) in [6.07, 6.45) is 8.03. The number of ether oxygens (including phenoxy) is 1. The normalized spacial score (nSPS) is 21.9. The number of nitrogens with zero attached hydrogens (tertiary/aromatic N) is 6. The second-order valence-corrected chi connectivity index (χ2v) is 11.6. The molecule has 2 saturated carbocycles. The number of imidazole rings is 1. The number of thiazole rings is 1. The number of aromatic nitrogens is 7. The summed E-state index contributed by atoms with van der Waals surface area (Å²) in [6.45, 7) is 5.34. The SMILES string of the molecule is COC(c1cscn1)c1nc2nc(-c3noc(=O)[nH]3)nc(N[C@H](C)C3CCC3)c2n1CC1CCC(C)CC1. The fourth-order valence-corrected chi connectivity index (χ4v) is 6.29. The third kappa shape index (κ3) is 4.86. The first-order valence-corrected chi connectivity index (χ1v) is 14.5. The number of hydrogen-bond acceptors (Lipinski definition) is 10. The van der Waals surface area contributed by atoms with E-state index in [0.717, 1.165) is 29.5 Å². The van der Waals surface area contributed by atoms with E-state index in [-0.39, 0.29) is 17.7 Å². The molecule has 4 aromatic rings. The summed E-state index contributed by atoms with van der Waals surface area (Å²) < 4.78 is 13.0. The molecule has 2 N–H and O–H groups in total. The lowest BCUT2D eigenvalue weighted by Crippen LogP contribution is -2.31. The van der Waals surface area contributed by atoms with Crippen LogP contribution in [0.25, 0.3) is 22.8 Å². The zero-order valence-electron chi connectivity index (χ0n) is 22.0. The van der Waals surface area contributed by atoms with Crippen LogP contribution in [0.15, 0.2) is 20.2 Å². The van der Waals surface area contributed by atoms with Crippen molar-refractivity contribution in [3.63, 3.8) is 0 Å². The summed E-state index contributed by atoms with van der Waals surface area (Å²) in [4.78, 5) is 33.4. The largest absolute Gasteiger partial charge is 0.439 e. The number of methoxy groups -OCH3 is 1. The average Bonchev–Trinajstić information content (AvgIpc) is 3.61. The number of nitrogens with one attached hydrogen (secondary N) is 2. The Morgan fingerprint density at radius 2 is 2.03 bits per heavy atom. The lowest BCUT2D eigenvalue weighted by Gasteiger charge is -2.32. The van der Waals surface area contributed by atoms with Gasteiger partial charge in [0.1, 0.15) is 11.3 Å². The van der Waals surface area contributed by atoms with Crippen molar-refractivity contribution in [3.05, 3.63) is 33.0 Å². The van der Waals surface area contributed by atoms with Crippen molar-refractivity contribution >= 4 is 28.3 Å². The molecule has 0 bridgehead atoms. The molecule has 0 aromatic carbocycles. The fraction of sp³-hybridized carbons (Fsp3) is 0.615. The second-order valence-electron chi connectivity index (χ2n) is 10.9. The minimum Gasteiger partial charge on any atom is -0.367 e. The monoisotopic (exact) mass is 538 g/mol. The minimum absolute atomic E-state index is 0.177. The molecule has 0 aliphatic heterocycles. The minimum atomic E-state index is -0.651. The first-order chi connectivity index (χ1) is 18.5. The lowest BCUT2D eigenvalue weighted by molar-refractivity contribution is 0.121. The topological polar surface area (TPSA) is 137 Å². The van der Waals surface area contributed by atoms with E-state index >= 15 is 0 Å².